The first kappa shape index (κ1) is 9.45. The molecule has 0 aliphatic heterocycles. The topological polar surface area (TPSA) is 81.2 Å². The SMILES string of the molecule is Cc1nnc(-c2cccn2CC(=O)O)o1. The Hall–Kier alpha value is -2.11. The van der Waals surface area contributed by atoms with Crippen LogP contribution in [0.3, 0.4) is 0 Å². The van der Waals surface area contributed by atoms with Gasteiger partial charge in [-0.05, 0) is 12.1 Å². The zero-order valence-corrected chi connectivity index (χ0v) is 8.04. The van der Waals surface area contributed by atoms with Crippen molar-refractivity contribution < 1.29 is 14.3 Å². The van der Waals surface area contributed by atoms with Crippen molar-refractivity contribution in [1.82, 2.24) is 14.8 Å². The van der Waals surface area contributed by atoms with Gasteiger partial charge in [-0.2, -0.15) is 0 Å². The normalized spacial score (nSPS) is 10.5. The molecule has 6 heteroatoms. The Labute approximate surface area is 85.2 Å². The van der Waals surface area contributed by atoms with Gasteiger partial charge in [0.1, 0.15) is 12.2 Å². The minimum absolute atomic E-state index is 0.121. The van der Waals surface area contributed by atoms with Gasteiger partial charge in [-0.3, -0.25) is 4.79 Å². The summed E-state index contributed by atoms with van der Waals surface area (Å²) in [6.07, 6.45) is 1.66. The number of aryl methyl sites for hydroxylation is 1. The zero-order chi connectivity index (χ0) is 10.8. The second-order valence-electron chi connectivity index (χ2n) is 3.04. The molecule has 15 heavy (non-hydrogen) atoms. The Morgan fingerprint density at radius 2 is 2.40 bits per heavy atom. The molecule has 2 aromatic heterocycles. The van der Waals surface area contributed by atoms with E-state index in [0.29, 0.717) is 17.5 Å². The molecule has 2 heterocycles. The second kappa shape index (κ2) is 3.56. The van der Waals surface area contributed by atoms with Crippen LogP contribution in [0, 0.1) is 6.92 Å². The first-order chi connectivity index (χ1) is 7.16. The lowest BCUT2D eigenvalue weighted by atomic mass is 10.4. The van der Waals surface area contributed by atoms with Crippen molar-refractivity contribution in [1.29, 1.82) is 0 Å². The van der Waals surface area contributed by atoms with Crippen molar-refractivity contribution in [2.75, 3.05) is 0 Å². The van der Waals surface area contributed by atoms with E-state index in [-0.39, 0.29) is 6.54 Å². The van der Waals surface area contributed by atoms with Crippen molar-refractivity contribution in [2.45, 2.75) is 13.5 Å². The number of aliphatic carboxylic acids is 1. The summed E-state index contributed by atoms with van der Waals surface area (Å²) in [4.78, 5) is 10.6. The molecule has 0 aliphatic rings. The van der Waals surface area contributed by atoms with E-state index < -0.39 is 5.97 Å². The summed E-state index contributed by atoms with van der Waals surface area (Å²) in [5, 5.41) is 16.2. The minimum atomic E-state index is -0.913. The Morgan fingerprint density at radius 3 is 3.00 bits per heavy atom. The van der Waals surface area contributed by atoms with Gasteiger partial charge in [0.15, 0.2) is 0 Å². The van der Waals surface area contributed by atoms with Crippen molar-refractivity contribution in [3.63, 3.8) is 0 Å². The van der Waals surface area contributed by atoms with E-state index in [0.717, 1.165) is 0 Å². The van der Waals surface area contributed by atoms with Gasteiger partial charge in [0, 0.05) is 13.1 Å². The molecule has 0 saturated heterocycles. The van der Waals surface area contributed by atoms with E-state index in [2.05, 4.69) is 10.2 Å². The predicted molar refractivity (Wildman–Crippen MR) is 50.1 cm³/mol. The third-order valence-corrected chi connectivity index (χ3v) is 1.88. The molecule has 0 atom stereocenters. The summed E-state index contributed by atoms with van der Waals surface area (Å²) in [6, 6.07) is 3.47. The van der Waals surface area contributed by atoms with Gasteiger partial charge >= 0.3 is 5.97 Å². The van der Waals surface area contributed by atoms with E-state index in [1.54, 1.807) is 25.3 Å². The van der Waals surface area contributed by atoms with Crippen molar-refractivity contribution >= 4 is 5.97 Å². The fourth-order valence-corrected chi connectivity index (χ4v) is 1.29. The number of rotatable bonds is 3. The Bertz CT molecular complexity index is 486. The number of carbonyl (C=O) groups is 1. The van der Waals surface area contributed by atoms with Crippen LogP contribution in [0.25, 0.3) is 11.6 Å². The van der Waals surface area contributed by atoms with E-state index in [9.17, 15) is 4.79 Å². The standard InChI is InChI=1S/C9H9N3O3/c1-6-10-11-9(15-6)7-3-2-4-12(7)5-8(13)14/h2-4H,5H2,1H3,(H,13,14). The van der Waals surface area contributed by atoms with Gasteiger partial charge < -0.3 is 14.1 Å². The van der Waals surface area contributed by atoms with Crippen LogP contribution in [0.5, 0.6) is 0 Å². The Kier molecular flexibility index (Phi) is 2.24. The van der Waals surface area contributed by atoms with Crippen molar-refractivity contribution in [2.24, 2.45) is 0 Å². The zero-order valence-electron chi connectivity index (χ0n) is 8.04. The van der Waals surface area contributed by atoms with E-state index >= 15 is 0 Å². The largest absolute Gasteiger partial charge is 0.480 e. The molecule has 0 aromatic carbocycles. The lowest BCUT2D eigenvalue weighted by Crippen LogP contribution is -2.08. The molecular weight excluding hydrogens is 198 g/mol. The summed E-state index contributed by atoms with van der Waals surface area (Å²) in [6.45, 7) is 1.56. The summed E-state index contributed by atoms with van der Waals surface area (Å²) in [7, 11) is 0. The molecular formula is C9H9N3O3. The molecule has 0 aliphatic carbocycles. The molecule has 0 amide bonds. The van der Waals surface area contributed by atoms with Gasteiger partial charge in [0.25, 0.3) is 5.89 Å². The third-order valence-electron chi connectivity index (χ3n) is 1.88. The lowest BCUT2D eigenvalue weighted by Gasteiger charge is -2.01. The van der Waals surface area contributed by atoms with Gasteiger partial charge in [0.05, 0.1) is 0 Å². The molecule has 0 saturated carbocycles. The third kappa shape index (κ3) is 1.88. The molecule has 0 radical (unpaired) electrons. The molecule has 2 aromatic rings. The molecule has 0 fully saturated rings. The van der Waals surface area contributed by atoms with E-state index in [1.807, 2.05) is 0 Å². The van der Waals surface area contributed by atoms with Crippen molar-refractivity contribution in [3.05, 3.63) is 24.2 Å². The van der Waals surface area contributed by atoms with E-state index in [1.165, 1.54) is 4.57 Å². The quantitative estimate of drug-likeness (QED) is 0.809. The molecule has 0 spiro atoms. The highest BCUT2D eigenvalue weighted by Gasteiger charge is 2.11. The van der Waals surface area contributed by atoms with Crippen LogP contribution in [-0.4, -0.2) is 25.8 Å². The highest BCUT2D eigenvalue weighted by Crippen LogP contribution is 2.18. The number of hydrogen-bond acceptors (Lipinski definition) is 4. The fraction of sp³-hybridized carbons (Fsp3) is 0.222. The van der Waals surface area contributed by atoms with Crippen LogP contribution in [0.2, 0.25) is 0 Å². The molecule has 1 N–H and O–H groups in total. The number of hydrogen-bond donors (Lipinski definition) is 1. The second-order valence-corrected chi connectivity index (χ2v) is 3.04. The average molecular weight is 207 g/mol. The van der Waals surface area contributed by atoms with Crippen LogP contribution < -0.4 is 0 Å². The first-order valence-corrected chi connectivity index (χ1v) is 4.34. The van der Waals surface area contributed by atoms with Gasteiger partial charge in [-0.15, -0.1) is 10.2 Å². The summed E-state index contributed by atoms with van der Waals surface area (Å²) < 4.78 is 6.75. The van der Waals surface area contributed by atoms with Crippen molar-refractivity contribution in [3.8, 4) is 11.6 Å². The summed E-state index contributed by atoms with van der Waals surface area (Å²) >= 11 is 0. The summed E-state index contributed by atoms with van der Waals surface area (Å²) in [5.41, 5.74) is 0.609. The minimum Gasteiger partial charge on any atom is -0.480 e. The number of aromatic nitrogens is 3. The van der Waals surface area contributed by atoms with Gasteiger partial charge in [-0.1, -0.05) is 0 Å². The smallest absolute Gasteiger partial charge is 0.323 e. The molecule has 2 rings (SSSR count). The highest BCUT2D eigenvalue weighted by molar-refractivity contribution is 5.67. The molecule has 78 valence electrons. The Balaban J connectivity index is 2.36. The van der Waals surface area contributed by atoms with Crippen LogP contribution in [0.4, 0.5) is 0 Å². The predicted octanol–water partition coefficient (Wildman–Crippen LogP) is 0.931. The molecule has 0 bridgehead atoms. The molecule has 6 nitrogen and oxygen atoms in total. The van der Waals surface area contributed by atoms with E-state index in [4.69, 9.17) is 9.52 Å². The number of carboxylic acids is 1. The maximum absolute atomic E-state index is 10.6. The van der Waals surface area contributed by atoms with Crippen LogP contribution >= 0.6 is 0 Å². The Morgan fingerprint density at radius 1 is 1.60 bits per heavy atom. The summed E-state index contributed by atoms with van der Waals surface area (Å²) in [5.74, 6) is -0.129. The van der Waals surface area contributed by atoms with Gasteiger partial charge in [-0.25, -0.2) is 0 Å². The molecule has 0 unspecified atom stereocenters. The number of nitrogens with zero attached hydrogens (tertiary/aromatic N) is 3. The first-order valence-electron chi connectivity index (χ1n) is 4.34. The highest BCUT2D eigenvalue weighted by atomic mass is 16.4. The maximum atomic E-state index is 10.6. The fourth-order valence-electron chi connectivity index (χ4n) is 1.29. The number of carboxylic acid groups (broad SMARTS) is 1. The van der Waals surface area contributed by atoms with Crippen LogP contribution in [0.15, 0.2) is 22.7 Å². The average Bonchev–Trinajstić information content (AvgIpc) is 2.72. The lowest BCUT2D eigenvalue weighted by molar-refractivity contribution is -0.137. The van der Waals surface area contributed by atoms with Crippen LogP contribution in [-0.2, 0) is 11.3 Å². The monoisotopic (exact) mass is 207 g/mol. The van der Waals surface area contributed by atoms with Crippen LogP contribution in [0.1, 0.15) is 5.89 Å². The maximum Gasteiger partial charge on any atom is 0.323 e. The van der Waals surface area contributed by atoms with Gasteiger partial charge in [0.2, 0.25) is 5.89 Å².